The minimum absolute atomic E-state index is 0.172. The summed E-state index contributed by atoms with van der Waals surface area (Å²) in [6.07, 6.45) is 105. The second-order valence-electron chi connectivity index (χ2n) is 24.1. The summed E-state index contributed by atoms with van der Waals surface area (Å²) >= 11 is 0. The van der Waals surface area contributed by atoms with Gasteiger partial charge in [-0.1, -0.05) is 285 Å². The monoisotopic (exact) mass is 1260 g/mol. The molecule has 0 fully saturated rings. The number of rotatable bonds is 63. The normalized spacial score (nSPS) is 13.9. The topological polar surface area (TPSA) is 108 Å². The highest BCUT2D eigenvalue weighted by Gasteiger charge is 2.25. The second kappa shape index (κ2) is 70.0. The molecule has 0 heterocycles. The lowest BCUT2D eigenvalue weighted by Crippen LogP contribution is -2.40. The van der Waals surface area contributed by atoms with E-state index in [1.54, 1.807) is 0 Å². The van der Waals surface area contributed by atoms with Crippen molar-refractivity contribution in [2.24, 2.45) is 0 Å². The van der Waals surface area contributed by atoms with Gasteiger partial charge in [-0.05, 0) is 141 Å². The smallest absolute Gasteiger partial charge is 0.361 e. The minimum Gasteiger partial charge on any atom is -0.477 e. The number of carboxylic acid groups (broad SMARTS) is 1. The van der Waals surface area contributed by atoms with Crippen LogP contribution in [0.5, 0.6) is 0 Å². The Kier molecular flexibility index (Phi) is 65.5. The number of esters is 2. The highest BCUT2D eigenvalue weighted by Crippen LogP contribution is 2.15. The van der Waals surface area contributed by atoms with E-state index in [4.69, 9.17) is 18.9 Å². The molecule has 0 saturated carbocycles. The van der Waals surface area contributed by atoms with Crippen LogP contribution in [-0.2, 0) is 33.3 Å². The molecule has 91 heavy (non-hydrogen) atoms. The number of allylic oxidation sites excluding steroid dienone is 32. The lowest BCUT2D eigenvalue weighted by Gasteiger charge is -2.25. The van der Waals surface area contributed by atoms with E-state index in [9.17, 15) is 19.5 Å². The Bertz CT molecular complexity index is 2200. The van der Waals surface area contributed by atoms with Crippen LogP contribution in [0.15, 0.2) is 194 Å². The van der Waals surface area contributed by atoms with E-state index in [1.165, 1.54) is 44.9 Å². The zero-order chi connectivity index (χ0) is 66.1. The van der Waals surface area contributed by atoms with Crippen LogP contribution in [0.25, 0.3) is 0 Å². The lowest BCUT2D eigenvalue weighted by atomic mass is 10.0. The van der Waals surface area contributed by atoms with Gasteiger partial charge < -0.3 is 28.5 Å². The standard InChI is InChI=1S/C82H129NO8/c1-6-8-10-12-14-16-18-20-22-24-26-28-30-32-34-36-38-40-42-44-46-48-50-52-54-56-58-60-62-64-66-68-70-72-79(84)89-76-78(77-90-82(81(86)87)88-75-74-83(3,4)5)91-80(85)73-71-69-67-65-63-61-59-57-55-53-51-49-47-45-43-41-39-37-35-33-31-29-27-25-23-21-19-17-15-13-11-9-7-2/h8-11,14-17,20-23,26-29,32-35,38-41,44-47,51,53,57,59,78,82H,6-7,12-13,18-19,24-25,30-31,36-37,42-43,48-50,52,54-56,58,60-77H2,1-5H3/p+1/b10-8-,11-9-,16-14-,17-15-,22-20-,23-21-,28-26-,29-27-,34-32-,35-33-,40-38-,41-39-,46-44-,47-45-,53-51-,59-57-. The van der Waals surface area contributed by atoms with E-state index < -0.39 is 24.3 Å². The summed E-state index contributed by atoms with van der Waals surface area (Å²) in [5, 5.41) is 9.75. The van der Waals surface area contributed by atoms with Crippen LogP contribution in [0.2, 0.25) is 0 Å². The summed E-state index contributed by atoms with van der Waals surface area (Å²) in [5.74, 6) is -2.06. The Morgan fingerprint density at radius 3 is 0.879 bits per heavy atom. The molecular formula is C82H130NO8+. The molecule has 0 rings (SSSR count). The van der Waals surface area contributed by atoms with Gasteiger partial charge in [-0.3, -0.25) is 9.59 Å². The van der Waals surface area contributed by atoms with Gasteiger partial charge >= 0.3 is 17.9 Å². The van der Waals surface area contributed by atoms with Gasteiger partial charge in [-0.25, -0.2) is 4.79 Å². The number of nitrogens with zero attached hydrogens (tertiary/aromatic N) is 1. The molecule has 0 aliphatic rings. The summed E-state index contributed by atoms with van der Waals surface area (Å²) in [6, 6.07) is 0. The van der Waals surface area contributed by atoms with Crippen molar-refractivity contribution >= 4 is 17.9 Å². The summed E-state index contributed by atoms with van der Waals surface area (Å²) in [7, 11) is 5.95. The van der Waals surface area contributed by atoms with Crippen molar-refractivity contribution in [1.82, 2.24) is 0 Å². The van der Waals surface area contributed by atoms with Crippen LogP contribution in [0, 0.1) is 0 Å². The Morgan fingerprint density at radius 1 is 0.330 bits per heavy atom. The molecule has 0 spiro atoms. The number of quaternary nitrogens is 1. The van der Waals surface area contributed by atoms with Crippen molar-refractivity contribution < 1.29 is 42.9 Å². The fourth-order valence-electron chi connectivity index (χ4n) is 8.99. The zero-order valence-corrected chi connectivity index (χ0v) is 58.2. The molecular weight excluding hydrogens is 1130 g/mol. The van der Waals surface area contributed by atoms with Gasteiger partial charge in [-0.2, -0.15) is 0 Å². The summed E-state index contributed by atoms with van der Waals surface area (Å²) in [5.41, 5.74) is 0. The minimum atomic E-state index is -1.53. The van der Waals surface area contributed by atoms with Gasteiger partial charge in [0.05, 0.1) is 34.4 Å². The Labute approximate surface area is 557 Å². The van der Waals surface area contributed by atoms with Gasteiger partial charge in [0.15, 0.2) is 6.10 Å². The molecule has 0 saturated heterocycles. The lowest BCUT2D eigenvalue weighted by molar-refractivity contribution is -0.870. The van der Waals surface area contributed by atoms with Crippen molar-refractivity contribution in [2.45, 2.75) is 257 Å². The van der Waals surface area contributed by atoms with Gasteiger partial charge in [-0.15, -0.1) is 0 Å². The molecule has 510 valence electrons. The predicted molar refractivity (Wildman–Crippen MR) is 391 cm³/mol. The number of ether oxygens (including phenoxy) is 4. The second-order valence-corrected chi connectivity index (χ2v) is 24.1. The van der Waals surface area contributed by atoms with Crippen LogP contribution in [0.4, 0.5) is 0 Å². The molecule has 9 heteroatoms. The van der Waals surface area contributed by atoms with Gasteiger partial charge in [0.25, 0.3) is 6.29 Å². The predicted octanol–water partition coefficient (Wildman–Crippen LogP) is 22.6. The van der Waals surface area contributed by atoms with Crippen LogP contribution >= 0.6 is 0 Å². The summed E-state index contributed by atoms with van der Waals surface area (Å²) in [6.45, 7) is 4.60. The molecule has 9 nitrogen and oxygen atoms in total. The first-order chi connectivity index (χ1) is 44.6. The van der Waals surface area contributed by atoms with Crippen molar-refractivity contribution in [3.63, 3.8) is 0 Å². The van der Waals surface area contributed by atoms with E-state index in [2.05, 4.69) is 208 Å². The molecule has 0 aliphatic carbocycles. The van der Waals surface area contributed by atoms with Gasteiger partial charge in [0.1, 0.15) is 13.2 Å². The highest BCUT2D eigenvalue weighted by molar-refractivity contribution is 5.71. The van der Waals surface area contributed by atoms with Crippen LogP contribution in [0.1, 0.15) is 245 Å². The molecule has 0 amide bonds. The average Bonchev–Trinajstić information content (AvgIpc) is 3.46. The zero-order valence-electron chi connectivity index (χ0n) is 58.2. The quantitative estimate of drug-likeness (QED) is 0.0211. The van der Waals surface area contributed by atoms with Gasteiger partial charge in [0.2, 0.25) is 0 Å². The third kappa shape index (κ3) is 71.4. The molecule has 0 radical (unpaired) electrons. The van der Waals surface area contributed by atoms with E-state index in [0.29, 0.717) is 17.4 Å². The number of aliphatic carboxylic acids is 1. The maximum absolute atomic E-state index is 12.9. The van der Waals surface area contributed by atoms with E-state index in [1.807, 2.05) is 21.1 Å². The molecule has 0 aromatic rings. The third-order valence-corrected chi connectivity index (χ3v) is 14.3. The molecule has 0 aromatic carbocycles. The Balaban J connectivity index is 4.25. The third-order valence-electron chi connectivity index (χ3n) is 14.3. The maximum Gasteiger partial charge on any atom is 0.361 e. The Morgan fingerprint density at radius 2 is 0.593 bits per heavy atom. The van der Waals surface area contributed by atoms with E-state index in [-0.39, 0.29) is 38.6 Å². The fourth-order valence-corrected chi connectivity index (χ4v) is 8.99. The number of carbonyl (C=O) groups excluding carboxylic acids is 2. The number of carbonyl (C=O) groups is 3. The average molecular weight is 1260 g/mol. The van der Waals surface area contributed by atoms with Crippen molar-refractivity contribution in [3.05, 3.63) is 194 Å². The number of hydrogen-bond acceptors (Lipinski definition) is 7. The number of unbranched alkanes of at least 4 members (excludes halogenated alkanes) is 16. The highest BCUT2D eigenvalue weighted by atomic mass is 16.7. The molecule has 1 N–H and O–H groups in total. The van der Waals surface area contributed by atoms with Crippen LogP contribution < -0.4 is 0 Å². The number of likely N-dealkylation sites (N-methyl/N-ethyl adjacent to an activating group) is 1. The van der Waals surface area contributed by atoms with Crippen molar-refractivity contribution in [2.75, 3.05) is 47.5 Å². The molecule has 0 aromatic heterocycles. The largest absolute Gasteiger partial charge is 0.477 e. The molecule has 0 bridgehead atoms. The van der Waals surface area contributed by atoms with Crippen molar-refractivity contribution in [3.8, 4) is 0 Å². The Hall–Kier alpha value is -5.87. The maximum atomic E-state index is 12.9. The molecule has 0 aliphatic heterocycles. The molecule has 2 atom stereocenters. The summed E-state index contributed by atoms with van der Waals surface area (Å²) < 4.78 is 22.9. The summed E-state index contributed by atoms with van der Waals surface area (Å²) in [4.78, 5) is 37.7. The van der Waals surface area contributed by atoms with Crippen molar-refractivity contribution in [1.29, 1.82) is 0 Å². The van der Waals surface area contributed by atoms with E-state index >= 15 is 0 Å². The van der Waals surface area contributed by atoms with Crippen LogP contribution in [-0.4, -0.2) is 87.4 Å². The SMILES string of the molecule is CC/C=C\C/C=C\C/C=C\C/C=C\C/C=C\C/C=C\C/C=C\C/C=C\C/C=C\CCCCCCCC(=O)OC(COC(=O)CCCCCCCCCCCCC/C=C\C/C=C\C/C=C\C/C=C\C/C=C\C/C=C\C/C=C\CC)COC(OCC[N+](C)(C)C)C(=O)O. The first kappa shape index (κ1) is 85.1. The van der Waals surface area contributed by atoms with E-state index in [0.717, 1.165) is 167 Å². The number of carboxylic acids is 1. The molecule has 2 unspecified atom stereocenters. The number of hydrogen-bond donors (Lipinski definition) is 1. The van der Waals surface area contributed by atoms with Crippen LogP contribution in [0.3, 0.4) is 0 Å². The first-order valence-corrected chi connectivity index (χ1v) is 35.6. The van der Waals surface area contributed by atoms with Gasteiger partial charge in [0, 0.05) is 12.8 Å². The fraction of sp³-hybridized carbons (Fsp3) is 0.573. The first-order valence-electron chi connectivity index (χ1n) is 35.6.